The number of anilines is 3. The van der Waals surface area contributed by atoms with E-state index >= 15 is 0 Å². The lowest BCUT2D eigenvalue weighted by atomic mass is 10.2. The average Bonchev–Trinajstić information content (AvgIpc) is 2.70. The maximum absolute atomic E-state index is 12.1. The van der Waals surface area contributed by atoms with Gasteiger partial charge in [0.05, 0.1) is 17.9 Å². The predicted molar refractivity (Wildman–Crippen MR) is 102 cm³/mol. The molecule has 0 fully saturated rings. The third-order valence-corrected chi connectivity index (χ3v) is 3.63. The zero-order valence-electron chi connectivity index (χ0n) is 14.7. The molecular weight excluding hydrogens is 344 g/mol. The SMILES string of the molecule is CCOC(=O)c1ccccc1Nc1ccc(NC(=O)c2ccccc2)nn1. The Kier molecular flexibility index (Phi) is 5.73. The summed E-state index contributed by atoms with van der Waals surface area (Å²) in [6.45, 7) is 2.05. The van der Waals surface area contributed by atoms with Gasteiger partial charge < -0.3 is 15.4 Å². The molecule has 0 aliphatic rings. The molecule has 0 aliphatic carbocycles. The van der Waals surface area contributed by atoms with Crippen molar-refractivity contribution in [3.63, 3.8) is 0 Å². The van der Waals surface area contributed by atoms with E-state index in [2.05, 4.69) is 20.8 Å². The van der Waals surface area contributed by atoms with Gasteiger partial charge in [0.2, 0.25) is 0 Å². The van der Waals surface area contributed by atoms with Crippen LogP contribution in [0.4, 0.5) is 17.3 Å². The van der Waals surface area contributed by atoms with Crippen LogP contribution in [-0.2, 0) is 4.74 Å². The van der Waals surface area contributed by atoms with Gasteiger partial charge in [-0.05, 0) is 43.3 Å². The Balaban J connectivity index is 1.70. The molecule has 3 aromatic rings. The standard InChI is InChI=1S/C20H18N4O3/c1-2-27-20(26)15-10-6-7-11-16(15)21-17-12-13-18(24-23-17)22-19(25)14-8-4-3-5-9-14/h3-13H,2H2,1H3,(H,21,23)(H,22,24,25). The second kappa shape index (κ2) is 8.57. The lowest BCUT2D eigenvalue weighted by Crippen LogP contribution is -2.13. The van der Waals surface area contributed by atoms with E-state index in [0.29, 0.717) is 35.1 Å². The van der Waals surface area contributed by atoms with Gasteiger partial charge in [0, 0.05) is 5.56 Å². The Bertz CT molecular complexity index is 927. The molecule has 0 atom stereocenters. The fourth-order valence-electron chi connectivity index (χ4n) is 2.36. The number of rotatable bonds is 6. The van der Waals surface area contributed by atoms with Crippen LogP contribution in [0.5, 0.6) is 0 Å². The first-order valence-electron chi connectivity index (χ1n) is 8.40. The third kappa shape index (κ3) is 4.66. The summed E-state index contributed by atoms with van der Waals surface area (Å²) in [6, 6.07) is 19.1. The lowest BCUT2D eigenvalue weighted by Gasteiger charge is -2.10. The van der Waals surface area contributed by atoms with Crippen molar-refractivity contribution in [2.75, 3.05) is 17.2 Å². The van der Waals surface area contributed by atoms with E-state index in [1.54, 1.807) is 67.6 Å². The van der Waals surface area contributed by atoms with E-state index in [-0.39, 0.29) is 5.91 Å². The molecule has 27 heavy (non-hydrogen) atoms. The Morgan fingerprint density at radius 2 is 1.56 bits per heavy atom. The molecule has 0 aliphatic heterocycles. The van der Waals surface area contributed by atoms with Gasteiger partial charge in [-0.3, -0.25) is 4.79 Å². The van der Waals surface area contributed by atoms with Gasteiger partial charge in [-0.2, -0.15) is 0 Å². The van der Waals surface area contributed by atoms with Crippen LogP contribution in [0.25, 0.3) is 0 Å². The summed E-state index contributed by atoms with van der Waals surface area (Å²) in [5, 5.41) is 13.7. The second-order valence-corrected chi connectivity index (χ2v) is 5.52. The lowest BCUT2D eigenvalue weighted by molar-refractivity contribution is 0.0527. The van der Waals surface area contributed by atoms with Crippen molar-refractivity contribution in [1.29, 1.82) is 0 Å². The molecule has 1 aromatic heterocycles. The number of ether oxygens (including phenoxy) is 1. The monoisotopic (exact) mass is 362 g/mol. The van der Waals surface area contributed by atoms with Crippen molar-refractivity contribution in [3.8, 4) is 0 Å². The van der Waals surface area contributed by atoms with Gasteiger partial charge >= 0.3 is 5.97 Å². The molecule has 7 heteroatoms. The van der Waals surface area contributed by atoms with E-state index in [4.69, 9.17) is 4.74 Å². The normalized spacial score (nSPS) is 10.1. The molecule has 1 amide bonds. The number of carbonyl (C=O) groups is 2. The van der Waals surface area contributed by atoms with Crippen LogP contribution in [0.3, 0.4) is 0 Å². The molecule has 7 nitrogen and oxygen atoms in total. The molecule has 0 spiro atoms. The van der Waals surface area contributed by atoms with E-state index in [1.807, 2.05) is 6.07 Å². The number of nitrogens with one attached hydrogen (secondary N) is 2. The summed E-state index contributed by atoms with van der Waals surface area (Å²) in [6.07, 6.45) is 0. The maximum Gasteiger partial charge on any atom is 0.340 e. The third-order valence-electron chi connectivity index (χ3n) is 3.63. The molecule has 136 valence electrons. The summed E-state index contributed by atoms with van der Waals surface area (Å²) in [5.41, 5.74) is 1.50. The Hall–Kier alpha value is -3.74. The smallest absolute Gasteiger partial charge is 0.340 e. The molecule has 0 saturated heterocycles. The first-order chi connectivity index (χ1) is 13.2. The number of carbonyl (C=O) groups excluding carboxylic acids is 2. The van der Waals surface area contributed by atoms with Gasteiger partial charge in [-0.25, -0.2) is 4.79 Å². The largest absolute Gasteiger partial charge is 0.462 e. The molecule has 2 N–H and O–H groups in total. The van der Waals surface area contributed by atoms with Crippen molar-refractivity contribution in [2.24, 2.45) is 0 Å². The topological polar surface area (TPSA) is 93.2 Å². The van der Waals surface area contributed by atoms with Gasteiger partial charge in [0.1, 0.15) is 0 Å². The van der Waals surface area contributed by atoms with Crippen LogP contribution in [0, 0.1) is 0 Å². The van der Waals surface area contributed by atoms with Crippen LogP contribution < -0.4 is 10.6 Å². The number of amides is 1. The highest BCUT2D eigenvalue weighted by atomic mass is 16.5. The molecular formula is C20H18N4O3. The van der Waals surface area contributed by atoms with Crippen molar-refractivity contribution in [1.82, 2.24) is 10.2 Å². The molecule has 0 radical (unpaired) electrons. The Labute approximate surface area is 156 Å². The summed E-state index contributed by atoms with van der Waals surface area (Å²) in [4.78, 5) is 24.1. The predicted octanol–water partition coefficient (Wildman–Crippen LogP) is 3.65. The first-order valence-corrected chi connectivity index (χ1v) is 8.40. The summed E-state index contributed by atoms with van der Waals surface area (Å²) >= 11 is 0. The molecule has 2 aromatic carbocycles. The van der Waals surface area contributed by atoms with Crippen molar-refractivity contribution < 1.29 is 14.3 Å². The number of para-hydroxylation sites is 1. The number of hydrogen-bond acceptors (Lipinski definition) is 6. The second-order valence-electron chi connectivity index (χ2n) is 5.52. The van der Waals surface area contributed by atoms with E-state index in [9.17, 15) is 9.59 Å². The molecule has 1 heterocycles. The van der Waals surface area contributed by atoms with Crippen LogP contribution in [-0.4, -0.2) is 28.7 Å². The quantitative estimate of drug-likeness (QED) is 0.650. The van der Waals surface area contributed by atoms with Crippen molar-refractivity contribution in [2.45, 2.75) is 6.92 Å². The zero-order chi connectivity index (χ0) is 19.1. The Morgan fingerprint density at radius 1 is 0.889 bits per heavy atom. The zero-order valence-corrected chi connectivity index (χ0v) is 14.7. The van der Waals surface area contributed by atoms with Gasteiger partial charge in [-0.1, -0.05) is 30.3 Å². The highest BCUT2D eigenvalue weighted by Gasteiger charge is 2.12. The number of aromatic nitrogens is 2. The minimum atomic E-state index is -0.416. The van der Waals surface area contributed by atoms with Gasteiger partial charge in [0.25, 0.3) is 5.91 Å². The number of esters is 1. The molecule has 3 rings (SSSR count). The minimum absolute atomic E-state index is 0.265. The molecule has 0 unspecified atom stereocenters. The number of nitrogens with zero attached hydrogens (tertiary/aromatic N) is 2. The average molecular weight is 362 g/mol. The molecule has 0 saturated carbocycles. The van der Waals surface area contributed by atoms with Crippen molar-refractivity contribution in [3.05, 3.63) is 77.9 Å². The fraction of sp³-hybridized carbons (Fsp3) is 0.100. The summed E-state index contributed by atoms with van der Waals surface area (Å²) in [5.74, 6) is 0.0797. The number of benzene rings is 2. The minimum Gasteiger partial charge on any atom is -0.462 e. The first kappa shape index (κ1) is 18.1. The van der Waals surface area contributed by atoms with E-state index in [0.717, 1.165) is 0 Å². The fourth-order valence-corrected chi connectivity index (χ4v) is 2.36. The van der Waals surface area contributed by atoms with E-state index in [1.165, 1.54) is 0 Å². The summed E-state index contributed by atoms with van der Waals surface area (Å²) in [7, 11) is 0. The van der Waals surface area contributed by atoms with Gasteiger partial charge in [0.15, 0.2) is 11.6 Å². The molecule has 0 bridgehead atoms. The van der Waals surface area contributed by atoms with Gasteiger partial charge in [-0.15, -0.1) is 10.2 Å². The highest BCUT2D eigenvalue weighted by molar-refractivity contribution is 6.03. The van der Waals surface area contributed by atoms with Crippen molar-refractivity contribution >= 4 is 29.2 Å². The van der Waals surface area contributed by atoms with Crippen LogP contribution in [0.1, 0.15) is 27.6 Å². The van der Waals surface area contributed by atoms with Crippen LogP contribution >= 0.6 is 0 Å². The van der Waals surface area contributed by atoms with Crippen LogP contribution in [0.15, 0.2) is 66.7 Å². The van der Waals surface area contributed by atoms with Crippen LogP contribution in [0.2, 0.25) is 0 Å². The maximum atomic E-state index is 12.1. The Morgan fingerprint density at radius 3 is 2.26 bits per heavy atom. The highest BCUT2D eigenvalue weighted by Crippen LogP contribution is 2.20. The van der Waals surface area contributed by atoms with E-state index < -0.39 is 5.97 Å². The number of hydrogen-bond donors (Lipinski definition) is 2. The summed E-state index contributed by atoms with van der Waals surface area (Å²) < 4.78 is 5.05.